The highest BCUT2D eigenvalue weighted by atomic mass is 79.9. The Kier molecular flexibility index (Phi) is 5.85. The average molecular weight is 397 g/mol. The van der Waals surface area contributed by atoms with Crippen molar-refractivity contribution in [2.75, 3.05) is 0 Å². The summed E-state index contributed by atoms with van der Waals surface area (Å²) in [7, 11) is -4.29. The van der Waals surface area contributed by atoms with Gasteiger partial charge in [-0.05, 0) is 41.2 Å². The second-order valence-electron chi connectivity index (χ2n) is 5.70. The van der Waals surface area contributed by atoms with E-state index in [1.165, 1.54) is 0 Å². The molecule has 0 saturated heterocycles. The van der Waals surface area contributed by atoms with Crippen molar-refractivity contribution in [1.29, 1.82) is 0 Å². The molecule has 0 unspecified atom stereocenters. The van der Waals surface area contributed by atoms with Crippen LogP contribution in [0.4, 0.5) is 0 Å². The quantitative estimate of drug-likeness (QED) is 0.504. The summed E-state index contributed by atoms with van der Waals surface area (Å²) in [5, 5.41) is -0.486. The van der Waals surface area contributed by atoms with Crippen LogP contribution in [0.15, 0.2) is 48.5 Å². The van der Waals surface area contributed by atoms with Crippen molar-refractivity contribution in [3.8, 4) is 11.1 Å². The Hall–Kier alpha value is -0.930. The Morgan fingerprint density at radius 3 is 2.09 bits per heavy atom. The van der Waals surface area contributed by atoms with E-state index in [9.17, 15) is 14.4 Å². The number of halogens is 1. The summed E-state index contributed by atoms with van der Waals surface area (Å²) in [4.78, 5) is 20.0. The Morgan fingerprint density at radius 2 is 1.61 bits per heavy atom. The summed E-state index contributed by atoms with van der Waals surface area (Å²) in [6, 6.07) is 15.8. The van der Waals surface area contributed by atoms with Gasteiger partial charge in [-0.25, -0.2) is 0 Å². The van der Waals surface area contributed by atoms with Crippen LogP contribution >= 0.6 is 23.5 Å². The predicted molar refractivity (Wildman–Crippen MR) is 98.8 cm³/mol. The number of benzene rings is 2. The molecule has 5 heteroatoms. The van der Waals surface area contributed by atoms with E-state index < -0.39 is 12.8 Å². The molecule has 2 aromatic rings. The van der Waals surface area contributed by atoms with Crippen molar-refractivity contribution in [2.45, 2.75) is 37.2 Å². The standard InChI is InChI=1S/C18H22BrO3P/c1-3-18(4-2,23(20,21)22)17-11-14(13-19)10-16(12-17)15-8-6-5-7-9-15/h5-12H,3-4,13H2,1-2H3,(H2,20,21,22). The minimum atomic E-state index is -4.29. The van der Waals surface area contributed by atoms with Gasteiger partial charge in [0.05, 0.1) is 5.16 Å². The van der Waals surface area contributed by atoms with Gasteiger partial charge in [-0.2, -0.15) is 0 Å². The van der Waals surface area contributed by atoms with Crippen molar-refractivity contribution in [2.24, 2.45) is 0 Å². The first-order valence-corrected chi connectivity index (χ1v) is 10.4. The van der Waals surface area contributed by atoms with Gasteiger partial charge in [-0.1, -0.05) is 72.2 Å². The molecule has 0 bridgehead atoms. The third-order valence-corrected chi connectivity index (χ3v) is 7.17. The third kappa shape index (κ3) is 3.61. The molecule has 2 N–H and O–H groups in total. The summed E-state index contributed by atoms with van der Waals surface area (Å²) in [5.74, 6) is 0. The highest BCUT2D eigenvalue weighted by molar-refractivity contribution is 9.08. The van der Waals surface area contributed by atoms with Crippen LogP contribution in [0.3, 0.4) is 0 Å². The van der Waals surface area contributed by atoms with Crippen LogP contribution in [0.25, 0.3) is 11.1 Å². The zero-order valence-electron chi connectivity index (χ0n) is 13.4. The van der Waals surface area contributed by atoms with Gasteiger partial charge in [0.2, 0.25) is 0 Å². The molecule has 0 amide bonds. The van der Waals surface area contributed by atoms with Gasteiger partial charge in [0, 0.05) is 5.33 Å². The van der Waals surface area contributed by atoms with E-state index >= 15 is 0 Å². The van der Waals surface area contributed by atoms with Crippen LogP contribution in [-0.4, -0.2) is 9.79 Å². The fourth-order valence-electron chi connectivity index (χ4n) is 3.07. The normalized spacial score (nSPS) is 12.4. The molecule has 3 nitrogen and oxygen atoms in total. The highest BCUT2D eigenvalue weighted by Crippen LogP contribution is 2.61. The van der Waals surface area contributed by atoms with Crippen molar-refractivity contribution in [3.05, 3.63) is 59.7 Å². The van der Waals surface area contributed by atoms with Crippen molar-refractivity contribution < 1.29 is 14.4 Å². The van der Waals surface area contributed by atoms with E-state index in [0.29, 0.717) is 23.7 Å². The first kappa shape index (κ1) is 18.4. The maximum atomic E-state index is 12.2. The lowest BCUT2D eigenvalue weighted by atomic mass is 9.89. The summed E-state index contributed by atoms with van der Waals surface area (Å²) >= 11 is 3.47. The van der Waals surface area contributed by atoms with Crippen LogP contribution in [0.5, 0.6) is 0 Å². The highest BCUT2D eigenvalue weighted by Gasteiger charge is 2.45. The molecule has 0 aliphatic heterocycles. The predicted octanol–water partition coefficient (Wildman–Crippen LogP) is 5.44. The fourth-order valence-corrected chi connectivity index (χ4v) is 4.69. The van der Waals surface area contributed by atoms with E-state index in [2.05, 4.69) is 22.0 Å². The van der Waals surface area contributed by atoms with E-state index in [1.54, 1.807) is 0 Å². The molecule has 0 aliphatic rings. The molecule has 0 aromatic heterocycles. The zero-order chi connectivity index (χ0) is 17.1. The first-order chi connectivity index (χ1) is 10.9. The van der Waals surface area contributed by atoms with E-state index in [0.717, 1.165) is 16.7 Å². The zero-order valence-corrected chi connectivity index (χ0v) is 15.8. The van der Waals surface area contributed by atoms with Crippen LogP contribution in [-0.2, 0) is 15.1 Å². The lowest BCUT2D eigenvalue weighted by Crippen LogP contribution is -2.24. The van der Waals surface area contributed by atoms with Gasteiger partial charge in [0.15, 0.2) is 0 Å². The molecule has 0 heterocycles. The lowest BCUT2D eigenvalue weighted by molar-refractivity contribution is 0.315. The molecule has 0 spiro atoms. The fraction of sp³-hybridized carbons (Fsp3) is 0.333. The molecule has 0 aliphatic carbocycles. The largest absolute Gasteiger partial charge is 0.335 e. The Labute approximate surface area is 146 Å². The Bertz CT molecular complexity index is 705. The van der Waals surface area contributed by atoms with Gasteiger partial charge in [-0.15, -0.1) is 0 Å². The molecule has 0 radical (unpaired) electrons. The summed E-state index contributed by atoms with van der Waals surface area (Å²) in [6.45, 7) is 3.68. The molecule has 124 valence electrons. The number of hydrogen-bond donors (Lipinski definition) is 2. The summed E-state index contributed by atoms with van der Waals surface area (Å²) in [5.41, 5.74) is 3.76. The van der Waals surface area contributed by atoms with Crippen molar-refractivity contribution >= 4 is 23.5 Å². The van der Waals surface area contributed by atoms with Gasteiger partial charge < -0.3 is 9.79 Å². The second kappa shape index (κ2) is 7.31. The molecule has 23 heavy (non-hydrogen) atoms. The van der Waals surface area contributed by atoms with E-state index in [-0.39, 0.29) is 0 Å². The van der Waals surface area contributed by atoms with Crippen LogP contribution in [0, 0.1) is 0 Å². The minimum absolute atomic E-state index is 0.397. The second-order valence-corrected chi connectivity index (χ2v) is 8.21. The first-order valence-electron chi connectivity index (χ1n) is 7.69. The maximum Gasteiger partial charge on any atom is 0.335 e. The third-order valence-electron chi connectivity index (χ3n) is 4.52. The van der Waals surface area contributed by atoms with E-state index in [1.807, 2.05) is 56.3 Å². The average Bonchev–Trinajstić information content (AvgIpc) is 2.55. The topological polar surface area (TPSA) is 57.5 Å². The molecular formula is C18H22BrO3P. The minimum Gasteiger partial charge on any atom is -0.324 e. The SMILES string of the molecule is CCC(CC)(c1cc(CBr)cc(-c2ccccc2)c1)P(=O)(O)O. The van der Waals surface area contributed by atoms with Gasteiger partial charge in [0.1, 0.15) is 0 Å². The van der Waals surface area contributed by atoms with Gasteiger partial charge in [-0.3, -0.25) is 4.57 Å². The summed E-state index contributed by atoms with van der Waals surface area (Å²) < 4.78 is 12.2. The Balaban J connectivity index is 2.69. The monoisotopic (exact) mass is 396 g/mol. The van der Waals surface area contributed by atoms with Crippen molar-refractivity contribution in [3.63, 3.8) is 0 Å². The molecule has 2 rings (SSSR count). The smallest absolute Gasteiger partial charge is 0.324 e. The number of hydrogen-bond acceptors (Lipinski definition) is 1. The molecule has 0 atom stereocenters. The molecule has 0 saturated carbocycles. The van der Waals surface area contributed by atoms with Gasteiger partial charge in [0.25, 0.3) is 0 Å². The molecule has 0 fully saturated rings. The maximum absolute atomic E-state index is 12.2. The molecular weight excluding hydrogens is 375 g/mol. The van der Waals surface area contributed by atoms with E-state index in [4.69, 9.17) is 0 Å². The Morgan fingerprint density at radius 1 is 1.00 bits per heavy atom. The van der Waals surface area contributed by atoms with Crippen molar-refractivity contribution in [1.82, 2.24) is 0 Å². The van der Waals surface area contributed by atoms with Crippen LogP contribution in [0.2, 0.25) is 0 Å². The summed E-state index contributed by atoms with van der Waals surface area (Å²) in [6.07, 6.45) is 0.793. The number of rotatable bonds is 6. The molecule has 2 aromatic carbocycles. The van der Waals surface area contributed by atoms with Crippen LogP contribution in [0.1, 0.15) is 37.8 Å². The lowest BCUT2D eigenvalue weighted by Gasteiger charge is -2.33. The number of alkyl halides is 1. The van der Waals surface area contributed by atoms with Gasteiger partial charge >= 0.3 is 7.60 Å². The van der Waals surface area contributed by atoms with Crippen LogP contribution < -0.4 is 0 Å².